The van der Waals surface area contributed by atoms with Crippen LogP contribution >= 0.6 is 0 Å². The van der Waals surface area contributed by atoms with Gasteiger partial charge in [0.1, 0.15) is 0 Å². The zero-order valence-electron chi connectivity index (χ0n) is 12.6. The van der Waals surface area contributed by atoms with Crippen molar-refractivity contribution < 1.29 is 0 Å². The summed E-state index contributed by atoms with van der Waals surface area (Å²) in [6.45, 7) is 14.7. The van der Waals surface area contributed by atoms with Crippen molar-refractivity contribution in [3.63, 3.8) is 0 Å². The van der Waals surface area contributed by atoms with Gasteiger partial charge in [-0.25, -0.2) is 0 Å². The first-order valence-corrected chi connectivity index (χ1v) is 6.79. The SMILES string of the molecule is C=C/C=C(\C)C(C)C(C)/C=C\C=C/C(C)/C=C/C. The van der Waals surface area contributed by atoms with Crippen molar-refractivity contribution in [2.45, 2.75) is 34.6 Å². The zero-order chi connectivity index (χ0) is 14.0. The van der Waals surface area contributed by atoms with E-state index in [2.05, 4.69) is 83.7 Å². The first kappa shape index (κ1) is 16.7. The van der Waals surface area contributed by atoms with Crippen molar-refractivity contribution in [3.8, 4) is 0 Å². The second kappa shape index (κ2) is 9.70. The predicted molar refractivity (Wildman–Crippen MR) is 84.5 cm³/mol. The van der Waals surface area contributed by atoms with E-state index in [-0.39, 0.29) is 0 Å². The van der Waals surface area contributed by atoms with Gasteiger partial charge in [0.25, 0.3) is 0 Å². The van der Waals surface area contributed by atoms with Crippen molar-refractivity contribution in [2.24, 2.45) is 17.8 Å². The van der Waals surface area contributed by atoms with Gasteiger partial charge < -0.3 is 0 Å². The predicted octanol–water partition coefficient (Wildman–Crippen LogP) is 5.72. The molecule has 3 atom stereocenters. The maximum Gasteiger partial charge on any atom is -0.00789 e. The Morgan fingerprint density at radius 2 is 1.61 bits per heavy atom. The second-order valence-corrected chi connectivity index (χ2v) is 4.95. The lowest BCUT2D eigenvalue weighted by atomic mass is 9.89. The van der Waals surface area contributed by atoms with Gasteiger partial charge in [0, 0.05) is 0 Å². The Bertz CT molecular complexity index is 339. The molecule has 18 heavy (non-hydrogen) atoms. The molecule has 0 fully saturated rings. The van der Waals surface area contributed by atoms with E-state index in [0.29, 0.717) is 17.8 Å². The zero-order valence-corrected chi connectivity index (χ0v) is 12.6. The molecule has 0 nitrogen and oxygen atoms in total. The third kappa shape index (κ3) is 7.11. The molecule has 0 aromatic carbocycles. The van der Waals surface area contributed by atoms with Crippen LogP contribution in [0.25, 0.3) is 0 Å². The van der Waals surface area contributed by atoms with E-state index in [9.17, 15) is 0 Å². The molecule has 0 heterocycles. The Morgan fingerprint density at radius 3 is 2.17 bits per heavy atom. The molecular formula is C18H28. The van der Waals surface area contributed by atoms with Crippen LogP contribution in [0.1, 0.15) is 34.6 Å². The summed E-state index contributed by atoms with van der Waals surface area (Å²) in [6.07, 6.45) is 17.0. The molecule has 3 unspecified atom stereocenters. The summed E-state index contributed by atoms with van der Waals surface area (Å²) >= 11 is 0. The summed E-state index contributed by atoms with van der Waals surface area (Å²) in [5, 5.41) is 0. The van der Waals surface area contributed by atoms with Gasteiger partial charge in [-0.3, -0.25) is 0 Å². The van der Waals surface area contributed by atoms with E-state index in [0.717, 1.165) is 0 Å². The molecule has 0 aromatic heterocycles. The molecule has 0 rings (SSSR count). The molecule has 0 aliphatic rings. The Hall–Kier alpha value is -1.30. The lowest BCUT2D eigenvalue weighted by Crippen LogP contribution is -2.06. The highest BCUT2D eigenvalue weighted by molar-refractivity contribution is 5.15. The average Bonchev–Trinajstić information content (AvgIpc) is 2.34. The van der Waals surface area contributed by atoms with Crippen LogP contribution in [0, 0.1) is 17.8 Å². The van der Waals surface area contributed by atoms with Gasteiger partial charge in [-0.2, -0.15) is 0 Å². The molecule has 100 valence electrons. The lowest BCUT2D eigenvalue weighted by Gasteiger charge is -2.16. The summed E-state index contributed by atoms with van der Waals surface area (Å²) in [6, 6.07) is 0. The fourth-order valence-electron chi connectivity index (χ4n) is 1.77. The van der Waals surface area contributed by atoms with E-state index >= 15 is 0 Å². The first-order chi connectivity index (χ1) is 8.52. The highest BCUT2D eigenvalue weighted by atomic mass is 14.1. The summed E-state index contributed by atoms with van der Waals surface area (Å²) in [5.74, 6) is 1.61. The fraction of sp³-hybridized carbons (Fsp3) is 0.444. The highest BCUT2D eigenvalue weighted by Gasteiger charge is 2.09. The molecule has 0 saturated carbocycles. The largest absolute Gasteiger partial charge is 0.0991 e. The summed E-state index contributed by atoms with van der Waals surface area (Å²) in [5.41, 5.74) is 1.38. The van der Waals surface area contributed by atoms with Gasteiger partial charge in [-0.1, -0.05) is 81.5 Å². The summed E-state index contributed by atoms with van der Waals surface area (Å²) < 4.78 is 0. The normalized spacial score (nSPS) is 18.6. The molecule has 0 N–H and O–H groups in total. The van der Waals surface area contributed by atoms with Gasteiger partial charge in [0.05, 0.1) is 0 Å². The number of allylic oxidation sites excluding steroid dienone is 9. The quantitative estimate of drug-likeness (QED) is 0.397. The Labute approximate surface area is 113 Å². The van der Waals surface area contributed by atoms with Crippen molar-refractivity contribution in [1.82, 2.24) is 0 Å². The molecular weight excluding hydrogens is 216 g/mol. The Morgan fingerprint density at radius 1 is 1.00 bits per heavy atom. The minimum Gasteiger partial charge on any atom is -0.0991 e. The molecule has 0 aliphatic carbocycles. The van der Waals surface area contributed by atoms with Crippen LogP contribution in [0.3, 0.4) is 0 Å². The van der Waals surface area contributed by atoms with E-state index in [1.165, 1.54) is 5.57 Å². The van der Waals surface area contributed by atoms with Crippen molar-refractivity contribution in [2.75, 3.05) is 0 Å². The summed E-state index contributed by atoms with van der Waals surface area (Å²) in [4.78, 5) is 0. The van der Waals surface area contributed by atoms with Crippen molar-refractivity contribution in [3.05, 3.63) is 60.8 Å². The van der Waals surface area contributed by atoms with Gasteiger partial charge in [-0.05, 0) is 31.6 Å². The first-order valence-electron chi connectivity index (χ1n) is 6.79. The molecule has 0 bridgehead atoms. The fourth-order valence-corrected chi connectivity index (χ4v) is 1.77. The van der Waals surface area contributed by atoms with E-state index in [4.69, 9.17) is 0 Å². The monoisotopic (exact) mass is 244 g/mol. The van der Waals surface area contributed by atoms with Crippen molar-refractivity contribution >= 4 is 0 Å². The van der Waals surface area contributed by atoms with Crippen LogP contribution in [-0.2, 0) is 0 Å². The second-order valence-electron chi connectivity index (χ2n) is 4.95. The molecule has 0 aliphatic heterocycles. The number of hydrogen-bond acceptors (Lipinski definition) is 0. The third-order valence-corrected chi connectivity index (χ3v) is 3.32. The standard InChI is InChI=1S/C18H28/c1-7-11-15(3)13-9-10-14-17(5)18(6)16(4)12-8-2/h7-15,17-18H,2H2,1,3-6H3/b11-7+,13-9-,14-10-,16-12+. The van der Waals surface area contributed by atoms with Gasteiger partial charge in [0.15, 0.2) is 0 Å². The van der Waals surface area contributed by atoms with Crippen LogP contribution in [0.5, 0.6) is 0 Å². The molecule has 0 spiro atoms. The summed E-state index contributed by atoms with van der Waals surface area (Å²) in [7, 11) is 0. The molecule has 0 aromatic rings. The van der Waals surface area contributed by atoms with Gasteiger partial charge in [0.2, 0.25) is 0 Å². The topological polar surface area (TPSA) is 0 Å². The highest BCUT2D eigenvalue weighted by Crippen LogP contribution is 2.21. The van der Waals surface area contributed by atoms with Crippen LogP contribution in [0.2, 0.25) is 0 Å². The van der Waals surface area contributed by atoms with Crippen molar-refractivity contribution in [1.29, 1.82) is 0 Å². The van der Waals surface area contributed by atoms with Crippen LogP contribution in [0.15, 0.2) is 60.8 Å². The van der Waals surface area contributed by atoms with E-state index < -0.39 is 0 Å². The lowest BCUT2D eigenvalue weighted by molar-refractivity contribution is 0.529. The minimum atomic E-state index is 0.509. The van der Waals surface area contributed by atoms with Gasteiger partial charge in [-0.15, -0.1) is 0 Å². The number of hydrogen-bond donors (Lipinski definition) is 0. The Balaban J connectivity index is 4.35. The van der Waals surface area contributed by atoms with Crippen LogP contribution in [0.4, 0.5) is 0 Å². The van der Waals surface area contributed by atoms with Gasteiger partial charge >= 0.3 is 0 Å². The Kier molecular flexibility index (Phi) is 9.00. The molecule has 0 saturated heterocycles. The third-order valence-electron chi connectivity index (χ3n) is 3.32. The smallest absolute Gasteiger partial charge is 0.00789 e. The molecule has 0 amide bonds. The maximum absolute atomic E-state index is 3.74. The molecule has 0 radical (unpaired) electrons. The average molecular weight is 244 g/mol. The van der Waals surface area contributed by atoms with Crippen LogP contribution in [-0.4, -0.2) is 0 Å². The maximum atomic E-state index is 3.74. The van der Waals surface area contributed by atoms with Crippen LogP contribution < -0.4 is 0 Å². The number of rotatable bonds is 7. The van der Waals surface area contributed by atoms with E-state index in [1.807, 2.05) is 6.08 Å². The molecule has 0 heteroatoms. The van der Waals surface area contributed by atoms with E-state index in [1.54, 1.807) is 0 Å². The minimum absolute atomic E-state index is 0.509.